The first-order chi connectivity index (χ1) is 13.9. The molecular formula is C19H15Cl2N5O3. The predicted octanol–water partition coefficient (Wildman–Crippen LogP) is 3.50. The minimum Gasteiger partial charge on any atom is -0.458 e. The van der Waals surface area contributed by atoms with Crippen LogP contribution in [0.5, 0.6) is 0 Å². The molecule has 0 saturated carbocycles. The van der Waals surface area contributed by atoms with E-state index >= 15 is 0 Å². The Balaban J connectivity index is 1.83. The van der Waals surface area contributed by atoms with Crippen LogP contribution in [0.1, 0.15) is 23.1 Å². The van der Waals surface area contributed by atoms with Gasteiger partial charge in [0.05, 0.1) is 26.6 Å². The lowest BCUT2D eigenvalue weighted by molar-refractivity contribution is -0.384. The van der Waals surface area contributed by atoms with Crippen molar-refractivity contribution in [3.63, 3.8) is 0 Å². The molecule has 0 amide bonds. The van der Waals surface area contributed by atoms with Crippen LogP contribution < -0.4 is 16.6 Å². The number of nitrogens with one attached hydrogen (secondary N) is 2. The minimum atomic E-state index is -0.546. The summed E-state index contributed by atoms with van der Waals surface area (Å²) in [4.78, 5) is 10.7. The smallest absolute Gasteiger partial charge is 0.269 e. The number of benzene rings is 2. The highest BCUT2D eigenvalue weighted by Gasteiger charge is 2.49. The van der Waals surface area contributed by atoms with Gasteiger partial charge in [-0.2, -0.15) is 5.26 Å². The van der Waals surface area contributed by atoms with E-state index in [0.29, 0.717) is 15.6 Å². The Labute approximate surface area is 176 Å². The number of fused-ring (bicyclic) bond motifs is 1. The van der Waals surface area contributed by atoms with Gasteiger partial charge >= 0.3 is 0 Å². The third-order valence-electron chi connectivity index (χ3n) is 5.19. The molecule has 2 heterocycles. The largest absolute Gasteiger partial charge is 0.458 e. The van der Waals surface area contributed by atoms with Crippen molar-refractivity contribution >= 4 is 28.9 Å². The number of nitro groups is 1. The van der Waals surface area contributed by atoms with E-state index < -0.39 is 17.1 Å². The standard InChI is InChI=1S/C19H15Cl2N5O3/c20-13-5-4-9(7-14(13)21)15-12(8-22)18(23)29-19-16(15)17(24-25-19)10-2-1-3-11(6-10)26(27)28/h1-7,15-17,19,24-25H,23H2. The molecule has 4 N–H and O–H groups in total. The van der Waals surface area contributed by atoms with E-state index in [4.69, 9.17) is 33.7 Å². The summed E-state index contributed by atoms with van der Waals surface area (Å²) in [6, 6.07) is 13.2. The van der Waals surface area contributed by atoms with Crippen LogP contribution in [-0.2, 0) is 4.74 Å². The summed E-state index contributed by atoms with van der Waals surface area (Å²) in [5.41, 5.74) is 13.8. The highest BCUT2D eigenvalue weighted by atomic mass is 35.5. The Hall–Kier alpha value is -2.83. The second-order valence-corrected chi connectivity index (χ2v) is 7.59. The van der Waals surface area contributed by atoms with Gasteiger partial charge in [0.2, 0.25) is 5.88 Å². The molecule has 1 saturated heterocycles. The van der Waals surface area contributed by atoms with Crippen molar-refractivity contribution in [2.75, 3.05) is 0 Å². The molecule has 8 nitrogen and oxygen atoms in total. The topological polar surface area (TPSA) is 126 Å². The molecule has 29 heavy (non-hydrogen) atoms. The van der Waals surface area contributed by atoms with Gasteiger partial charge in [0.25, 0.3) is 5.69 Å². The monoisotopic (exact) mass is 431 g/mol. The van der Waals surface area contributed by atoms with E-state index in [-0.39, 0.29) is 29.1 Å². The lowest BCUT2D eigenvalue weighted by atomic mass is 9.74. The van der Waals surface area contributed by atoms with Gasteiger partial charge in [-0.15, -0.1) is 0 Å². The Kier molecular flexibility index (Phi) is 5.06. The van der Waals surface area contributed by atoms with E-state index in [2.05, 4.69) is 16.9 Å². The highest BCUT2D eigenvalue weighted by Crippen LogP contribution is 2.48. The van der Waals surface area contributed by atoms with Crippen LogP contribution in [0.3, 0.4) is 0 Å². The zero-order chi connectivity index (χ0) is 20.7. The van der Waals surface area contributed by atoms with Crippen molar-refractivity contribution in [3.8, 4) is 6.07 Å². The molecule has 1 fully saturated rings. The van der Waals surface area contributed by atoms with E-state index in [1.165, 1.54) is 12.1 Å². The molecule has 2 aromatic carbocycles. The second-order valence-electron chi connectivity index (χ2n) is 6.78. The summed E-state index contributed by atoms with van der Waals surface area (Å²) in [6.45, 7) is 0. The molecule has 2 aromatic rings. The van der Waals surface area contributed by atoms with Crippen molar-refractivity contribution in [1.29, 1.82) is 5.26 Å². The fraction of sp³-hybridized carbons (Fsp3) is 0.211. The maximum Gasteiger partial charge on any atom is 0.269 e. The van der Waals surface area contributed by atoms with Gasteiger partial charge in [0, 0.05) is 24.0 Å². The van der Waals surface area contributed by atoms with Crippen LogP contribution >= 0.6 is 23.2 Å². The Morgan fingerprint density at radius 1 is 1.14 bits per heavy atom. The predicted molar refractivity (Wildman–Crippen MR) is 107 cm³/mol. The molecule has 148 valence electrons. The van der Waals surface area contributed by atoms with Crippen molar-refractivity contribution in [3.05, 3.63) is 85.2 Å². The third kappa shape index (κ3) is 3.39. The first kappa shape index (κ1) is 19.5. The van der Waals surface area contributed by atoms with Gasteiger partial charge in [0.1, 0.15) is 6.07 Å². The van der Waals surface area contributed by atoms with Gasteiger partial charge in [-0.25, -0.2) is 10.9 Å². The number of rotatable bonds is 3. The molecule has 0 radical (unpaired) electrons. The Morgan fingerprint density at radius 3 is 2.62 bits per heavy atom. The van der Waals surface area contributed by atoms with Crippen LogP contribution in [0.4, 0.5) is 5.69 Å². The number of allylic oxidation sites excluding steroid dienone is 1. The maximum absolute atomic E-state index is 11.2. The van der Waals surface area contributed by atoms with Crippen LogP contribution in [0.15, 0.2) is 53.9 Å². The van der Waals surface area contributed by atoms with Crippen LogP contribution in [0.2, 0.25) is 10.0 Å². The van der Waals surface area contributed by atoms with Crippen LogP contribution in [0, 0.1) is 27.4 Å². The number of hydrazine groups is 1. The quantitative estimate of drug-likeness (QED) is 0.501. The molecule has 10 heteroatoms. The number of nitriles is 1. The first-order valence-electron chi connectivity index (χ1n) is 8.67. The molecule has 2 aliphatic rings. The molecule has 0 spiro atoms. The fourth-order valence-corrected chi connectivity index (χ4v) is 4.22. The first-order valence-corrected chi connectivity index (χ1v) is 9.43. The molecule has 4 unspecified atom stereocenters. The van der Waals surface area contributed by atoms with E-state index in [1.807, 2.05) is 0 Å². The third-order valence-corrected chi connectivity index (χ3v) is 5.93. The highest BCUT2D eigenvalue weighted by molar-refractivity contribution is 6.42. The van der Waals surface area contributed by atoms with E-state index in [0.717, 1.165) is 5.56 Å². The Bertz CT molecular complexity index is 1070. The summed E-state index contributed by atoms with van der Waals surface area (Å²) >= 11 is 12.3. The number of nitro benzene ring substituents is 1. The summed E-state index contributed by atoms with van der Waals surface area (Å²) in [6.07, 6.45) is -0.546. The summed E-state index contributed by atoms with van der Waals surface area (Å²) < 4.78 is 5.72. The number of halogens is 2. The zero-order valence-corrected chi connectivity index (χ0v) is 16.3. The number of non-ortho nitro benzene ring substituents is 1. The summed E-state index contributed by atoms with van der Waals surface area (Å²) in [5.74, 6) is -0.754. The maximum atomic E-state index is 11.2. The van der Waals surface area contributed by atoms with Gasteiger partial charge in [-0.1, -0.05) is 41.4 Å². The van der Waals surface area contributed by atoms with Crippen molar-refractivity contribution < 1.29 is 9.66 Å². The van der Waals surface area contributed by atoms with Crippen molar-refractivity contribution in [2.45, 2.75) is 18.2 Å². The van der Waals surface area contributed by atoms with Crippen LogP contribution in [-0.4, -0.2) is 11.2 Å². The number of nitrogens with two attached hydrogens (primary N) is 1. The van der Waals surface area contributed by atoms with Gasteiger partial charge in [-0.05, 0) is 23.3 Å². The molecule has 0 aromatic heterocycles. The second kappa shape index (κ2) is 7.54. The number of hydrogen-bond acceptors (Lipinski definition) is 7. The molecule has 0 bridgehead atoms. The fourth-order valence-electron chi connectivity index (χ4n) is 3.92. The average Bonchev–Trinajstić information content (AvgIpc) is 3.12. The Morgan fingerprint density at radius 2 is 1.93 bits per heavy atom. The molecule has 4 rings (SSSR count). The van der Waals surface area contributed by atoms with E-state index in [9.17, 15) is 15.4 Å². The van der Waals surface area contributed by atoms with Gasteiger partial charge in [0.15, 0.2) is 6.23 Å². The van der Waals surface area contributed by atoms with Crippen LogP contribution in [0.25, 0.3) is 0 Å². The lowest BCUT2D eigenvalue weighted by Crippen LogP contribution is -2.41. The molecule has 2 aliphatic heterocycles. The number of hydrogen-bond donors (Lipinski definition) is 3. The summed E-state index contributed by atoms with van der Waals surface area (Å²) in [5, 5.41) is 21.7. The van der Waals surface area contributed by atoms with Gasteiger partial charge in [-0.3, -0.25) is 10.1 Å². The average molecular weight is 432 g/mol. The lowest BCUT2D eigenvalue weighted by Gasteiger charge is -2.36. The molecule has 4 atom stereocenters. The molecule has 0 aliphatic carbocycles. The van der Waals surface area contributed by atoms with Crippen molar-refractivity contribution in [2.24, 2.45) is 11.7 Å². The summed E-state index contributed by atoms with van der Waals surface area (Å²) in [7, 11) is 0. The SMILES string of the molecule is N#CC1=C(N)OC2NNC(c3cccc([N+](=O)[O-])c3)C2C1c1ccc(Cl)c(Cl)c1. The van der Waals surface area contributed by atoms with Crippen molar-refractivity contribution in [1.82, 2.24) is 10.9 Å². The van der Waals surface area contributed by atoms with Gasteiger partial charge < -0.3 is 10.5 Å². The zero-order valence-electron chi connectivity index (χ0n) is 14.8. The normalized spacial score (nSPS) is 25.8. The minimum absolute atomic E-state index is 0.0221. The number of ether oxygens (including phenoxy) is 1. The van der Waals surface area contributed by atoms with E-state index in [1.54, 1.807) is 30.3 Å². The number of nitrogens with zero attached hydrogens (tertiary/aromatic N) is 2. The molecular weight excluding hydrogens is 417 g/mol.